The summed E-state index contributed by atoms with van der Waals surface area (Å²) < 4.78 is 15.6. The Balaban J connectivity index is 1.71. The molecule has 2 aromatic rings. The molecule has 0 aromatic heterocycles. The second-order valence-corrected chi connectivity index (χ2v) is 8.54. The van der Waals surface area contributed by atoms with E-state index in [0.717, 1.165) is 24.0 Å². The van der Waals surface area contributed by atoms with Gasteiger partial charge in [0.25, 0.3) is 11.6 Å². The van der Waals surface area contributed by atoms with Gasteiger partial charge in [-0.2, -0.15) is 0 Å². The van der Waals surface area contributed by atoms with E-state index < -0.39 is 23.1 Å². The van der Waals surface area contributed by atoms with Crippen LogP contribution in [0.1, 0.15) is 50.2 Å². The summed E-state index contributed by atoms with van der Waals surface area (Å²) >= 11 is 0. The zero-order valence-corrected chi connectivity index (χ0v) is 21.8. The third-order valence-corrected chi connectivity index (χ3v) is 5.40. The van der Waals surface area contributed by atoms with Crippen molar-refractivity contribution >= 4 is 24.2 Å². The minimum absolute atomic E-state index is 0.0706. The van der Waals surface area contributed by atoms with Crippen molar-refractivity contribution in [3.8, 4) is 11.5 Å². The second-order valence-electron chi connectivity index (χ2n) is 8.54. The molecule has 0 radical (unpaired) electrons. The molecule has 0 amide bonds. The monoisotopic (exact) mass is 543 g/mol. The van der Waals surface area contributed by atoms with Gasteiger partial charge in [-0.15, -0.1) is 10.1 Å². The number of aryl methyl sites for hydroxylation is 1. The minimum atomic E-state index is -0.856. The number of esters is 2. The molecule has 210 valence electrons. The molecule has 0 bridgehead atoms. The number of nitrogens with two attached hydrogens (primary N) is 1. The molecule has 0 saturated carbocycles. The van der Waals surface area contributed by atoms with E-state index in [1.807, 2.05) is 12.1 Å². The molecule has 0 saturated heterocycles. The predicted molar refractivity (Wildman–Crippen MR) is 141 cm³/mol. The summed E-state index contributed by atoms with van der Waals surface area (Å²) in [5, 5.41) is 9.32. The van der Waals surface area contributed by atoms with Crippen LogP contribution in [0.5, 0.6) is 11.5 Å². The van der Waals surface area contributed by atoms with Crippen molar-refractivity contribution in [3.05, 3.63) is 69.8 Å². The fraction of sp³-hybridized carbons (Fsp3) is 0.407. The first kappa shape index (κ1) is 30.7. The number of hydrogen-bond acceptors (Lipinski definition) is 10. The lowest BCUT2D eigenvalue weighted by Crippen LogP contribution is -2.22. The molecule has 2 N–H and O–H groups in total. The molecular weight excluding hydrogens is 510 g/mol. The van der Waals surface area contributed by atoms with Gasteiger partial charge in [-0.3, -0.25) is 19.4 Å². The molecule has 0 heterocycles. The van der Waals surface area contributed by atoms with Crippen LogP contribution >= 0.6 is 0 Å². The normalized spacial score (nSPS) is 11.8. The van der Waals surface area contributed by atoms with Gasteiger partial charge in [-0.1, -0.05) is 37.6 Å². The average Bonchev–Trinajstić information content (AvgIpc) is 2.88. The Morgan fingerprint density at radius 1 is 1.00 bits per heavy atom. The zero-order chi connectivity index (χ0) is 28.5. The van der Waals surface area contributed by atoms with Gasteiger partial charge in [-0.25, -0.2) is 0 Å². The maximum Gasteiger partial charge on any atom is 0.318 e. The van der Waals surface area contributed by atoms with Gasteiger partial charge in [0.05, 0.1) is 6.42 Å². The van der Waals surface area contributed by atoms with E-state index in [4.69, 9.17) is 19.9 Å². The fourth-order valence-electron chi connectivity index (χ4n) is 3.54. The molecule has 12 nitrogen and oxygen atoms in total. The van der Waals surface area contributed by atoms with E-state index in [1.54, 1.807) is 36.4 Å². The smallest absolute Gasteiger partial charge is 0.318 e. The number of benzene rings is 2. The molecule has 12 heteroatoms. The van der Waals surface area contributed by atoms with Crippen LogP contribution in [-0.2, 0) is 36.8 Å². The van der Waals surface area contributed by atoms with E-state index in [0.29, 0.717) is 30.8 Å². The molecule has 1 atom stereocenters. The highest BCUT2D eigenvalue weighted by Gasteiger charge is 2.17. The number of ether oxygens (including phenoxy) is 3. The van der Waals surface area contributed by atoms with Crippen LogP contribution in [0.25, 0.3) is 0 Å². The van der Waals surface area contributed by atoms with Crippen molar-refractivity contribution in [2.45, 2.75) is 58.0 Å². The summed E-state index contributed by atoms with van der Waals surface area (Å²) in [7, 11) is 0. The molecule has 0 fully saturated rings. The number of rotatable bonds is 18. The van der Waals surface area contributed by atoms with Crippen LogP contribution in [0, 0.1) is 10.1 Å². The lowest BCUT2D eigenvalue weighted by molar-refractivity contribution is -0.757. The molecule has 2 aromatic carbocycles. The SMILES string of the molecule is CCCc1ccc(OC(=O)CC(CCCN=C(N)CC(=O)Oc2ccc(CCO[N+](=O)[O-])cc2)OC=O)cc1. The third kappa shape index (κ3) is 13.0. The summed E-state index contributed by atoms with van der Waals surface area (Å²) in [5.74, 6) is -0.328. The van der Waals surface area contributed by atoms with Crippen LogP contribution in [0.4, 0.5) is 0 Å². The first-order valence-electron chi connectivity index (χ1n) is 12.5. The topological polar surface area (TPSA) is 170 Å². The highest BCUT2D eigenvalue weighted by atomic mass is 16.9. The third-order valence-electron chi connectivity index (χ3n) is 5.40. The van der Waals surface area contributed by atoms with Crippen LogP contribution in [0.15, 0.2) is 53.5 Å². The Kier molecular flexibility index (Phi) is 13.5. The molecule has 1 unspecified atom stereocenters. The lowest BCUT2D eigenvalue weighted by atomic mass is 10.1. The van der Waals surface area contributed by atoms with Gasteiger partial charge in [0.2, 0.25) is 0 Å². The van der Waals surface area contributed by atoms with Crippen molar-refractivity contribution in [2.75, 3.05) is 13.2 Å². The molecule has 0 aliphatic rings. The van der Waals surface area contributed by atoms with E-state index in [9.17, 15) is 24.5 Å². The minimum Gasteiger partial charge on any atom is -0.464 e. The Hall–Kier alpha value is -4.48. The number of aliphatic imine (C=N–C) groups is 1. The van der Waals surface area contributed by atoms with Crippen molar-refractivity contribution < 1.29 is 38.5 Å². The predicted octanol–water partition coefficient (Wildman–Crippen LogP) is 3.36. The number of hydrogen-bond donors (Lipinski definition) is 1. The van der Waals surface area contributed by atoms with Crippen molar-refractivity contribution in [3.63, 3.8) is 0 Å². The lowest BCUT2D eigenvalue weighted by Gasteiger charge is -2.14. The molecule has 2 rings (SSSR count). The van der Waals surface area contributed by atoms with Crippen molar-refractivity contribution in [2.24, 2.45) is 10.7 Å². The number of nitrogens with zero attached hydrogens (tertiary/aromatic N) is 2. The molecule has 0 spiro atoms. The number of amidine groups is 1. The van der Waals surface area contributed by atoms with Gasteiger partial charge in [-0.05, 0) is 61.1 Å². The van der Waals surface area contributed by atoms with Gasteiger partial charge in [0, 0.05) is 6.54 Å². The summed E-state index contributed by atoms with van der Waals surface area (Å²) in [6.45, 7) is 2.56. The van der Waals surface area contributed by atoms with Crippen LogP contribution in [0.2, 0.25) is 0 Å². The largest absolute Gasteiger partial charge is 0.464 e. The number of carbonyl (C=O) groups excluding carboxylic acids is 3. The van der Waals surface area contributed by atoms with E-state index in [2.05, 4.69) is 16.8 Å². The molecule has 0 aliphatic carbocycles. The van der Waals surface area contributed by atoms with Gasteiger partial charge in [0.1, 0.15) is 36.5 Å². The Morgan fingerprint density at radius 3 is 2.15 bits per heavy atom. The quantitative estimate of drug-likeness (QED) is 0.0430. The standard InChI is InChI=1S/C27H33N3O9/c1-2-4-20-6-10-22(11-7-20)38-26(32)17-24(36-19-31)5-3-15-29-25(28)18-27(33)39-23-12-8-21(9-13-23)14-16-37-30(34)35/h6-13,19,24H,2-5,14-18H2,1H3,(H2,28,29). The van der Waals surface area contributed by atoms with Gasteiger partial charge >= 0.3 is 11.9 Å². The Morgan fingerprint density at radius 2 is 1.59 bits per heavy atom. The second kappa shape index (κ2) is 17.1. The average molecular weight is 544 g/mol. The van der Waals surface area contributed by atoms with Crippen molar-refractivity contribution in [1.29, 1.82) is 0 Å². The maximum absolute atomic E-state index is 12.3. The molecular formula is C27H33N3O9. The Bertz CT molecular complexity index is 1100. The summed E-state index contributed by atoms with van der Waals surface area (Å²) in [4.78, 5) is 53.8. The van der Waals surface area contributed by atoms with E-state index in [-0.39, 0.29) is 38.3 Å². The highest BCUT2D eigenvalue weighted by molar-refractivity contribution is 5.97. The first-order chi connectivity index (χ1) is 18.8. The summed E-state index contributed by atoms with van der Waals surface area (Å²) in [6.07, 6.45) is 2.09. The fourth-order valence-corrected chi connectivity index (χ4v) is 3.54. The zero-order valence-electron chi connectivity index (χ0n) is 21.8. The van der Waals surface area contributed by atoms with Gasteiger partial charge < -0.3 is 24.8 Å². The highest BCUT2D eigenvalue weighted by Crippen LogP contribution is 2.16. The molecule has 39 heavy (non-hydrogen) atoms. The van der Waals surface area contributed by atoms with Crippen LogP contribution in [-0.4, -0.2) is 48.6 Å². The van der Waals surface area contributed by atoms with Crippen molar-refractivity contribution in [1.82, 2.24) is 0 Å². The Labute approximate surface area is 226 Å². The summed E-state index contributed by atoms with van der Waals surface area (Å²) in [6, 6.07) is 13.7. The van der Waals surface area contributed by atoms with E-state index in [1.165, 1.54) is 0 Å². The number of carbonyl (C=O) groups is 3. The molecule has 0 aliphatic heterocycles. The maximum atomic E-state index is 12.3. The first-order valence-corrected chi connectivity index (χ1v) is 12.5. The van der Waals surface area contributed by atoms with Crippen LogP contribution in [0.3, 0.4) is 0 Å². The van der Waals surface area contributed by atoms with E-state index >= 15 is 0 Å². The summed E-state index contributed by atoms with van der Waals surface area (Å²) in [5.41, 5.74) is 7.76. The van der Waals surface area contributed by atoms with Gasteiger partial charge in [0.15, 0.2) is 0 Å². The van der Waals surface area contributed by atoms with Crippen LogP contribution < -0.4 is 15.2 Å².